The zero-order valence-corrected chi connectivity index (χ0v) is 20.1. The molecule has 1 amide bonds. The van der Waals surface area contributed by atoms with Crippen molar-refractivity contribution < 1.29 is 23.8 Å². The van der Waals surface area contributed by atoms with Gasteiger partial charge in [-0.05, 0) is 59.9 Å². The number of aromatic carboxylic acids is 1. The Balaban J connectivity index is 1.62. The third-order valence-electron chi connectivity index (χ3n) is 6.44. The first-order chi connectivity index (χ1) is 15.8. The molecule has 0 radical (unpaired) electrons. The Morgan fingerprint density at radius 1 is 1.21 bits per heavy atom. The van der Waals surface area contributed by atoms with Gasteiger partial charge in [-0.25, -0.2) is 19.0 Å². The second-order valence-corrected chi connectivity index (χ2v) is 10.8. The lowest BCUT2D eigenvalue weighted by Crippen LogP contribution is -2.51. The molecule has 1 saturated heterocycles. The van der Waals surface area contributed by atoms with Crippen LogP contribution in [0.1, 0.15) is 70.3 Å². The second-order valence-electron chi connectivity index (χ2n) is 10.8. The first-order valence-corrected chi connectivity index (χ1v) is 11.5. The van der Waals surface area contributed by atoms with E-state index in [2.05, 4.69) is 10.3 Å². The zero-order chi connectivity index (χ0) is 25.0. The SMILES string of the molecule is CC(C)(C)OC(=O)NC(C)(C)[C@H]1CCN(c2nc3c(cc2F)c(=O)c(C(=O)O)cn3C2CC2)C1. The highest BCUT2D eigenvalue weighted by atomic mass is 19.1. The summed E-state index contributed by atoms with van der Waals surface area (Å²) in [5.41, 5.74) is -2.04. The standard InChI is InChI=1S/C24H31FN4O5/c1-23(2,3)34-22(33)27-24(4,5)13-8-9-28(11-13)20-17(25)10-15-18(30)16(21(31)32)12-29(14-6-7-14)19(15)26-20/h10,12-14H,6-9,11H2,1-5H3,(H,27,33)(H,31,32)/t13-/m0/s1. The van der Waals surface area contributed by atoms with Crippen LogP contribution < -0.4 is 15.6 Å². The summed E-state index contributed by atoms with van der Waals surface area (Å²) in [7, 11) is 0. The van der Waals surface area contributed by atoms with Crippen molar-refractivity contribution in [3.63, 3.8) is 0 Å². The average molecular weight is 475 g/mol. The molecule has 0 aromatic carbocycles. The number of amides is 1. The van der Waals surface area contributed by atoms with Crippen LogP contribution in [0.5, 0.6) is 0 Å². The molecule has 1 saturated carbocycles. The number of alkyl carbamates (subject to hydrolysis) is 1. The lowest BCUT2D eigenvalue weighted by atomic mass is 9.87. The van der Waals surface area contributed by atoms with E-state index < -0.39 is 34.4 Å². The Hall–Kier alpha value is -3.17. The zero-order valence-electron chi connectivity index (χ0n) is 20.1. The summed E-state index contributed by atoms with van der Waals surface area (Å²) in [6, 6.07) is 1.15. The first-order valence-electron chi connectivity index (χ1n) is 11.5. The van der Waals surface area contributed by atoms with Gasteiger partial charge >= 0.3 is 12.1 Å². The molecule has 1 aliphatic carbocycles. The van der Waals surface area contributed by atoms with Gasteiger partial charge in [0.1, 0.15) is 16.8 Å². The summed E-state index contributed by atoms with van der Waals surface area (Å²) in [5, 5.41) is 12.3. The lowest BCUT2D eigenvalue weighted by molar-refractivity contribution is 0.0441. The van der Waals surface area contributed by atoms with Crippen LogP contribution in [0.4, 0.5) is 15.0 Å². The van der Waals surface area contributed by atoms with Gasteiger partial charge in [-0.3, -0.25) is 4.79 Å². The number of anilines is 1. The summed E-state index contributed by atoms with van der Waals surface area (Å²) in [6.07, 6.45) is 3.22. The normalized spacial score (nSPS) is 18.9. The molecular weight excluding hydrogens is 443 g/mol. The predicted molar refractivity (Wildman–Crippen MR) is 125 cm³/mol. The molecule has 1 atom stereocenters. The van der Waals surface area contributed by atoms with E-state index in [1.165, 1.54) is 6.20 Å². The number of rotatable bonds is 5. The van der Waals surface area contributed by atoms with Crippen molar-refractivity contribution in [2.24, 2.45) is 5.92 Å². The fourth-order valence-corrected chi connectivity index (χ4v) is 4.45. The van der Waals surface area contributed by atoms with Crippen LogP contribution in [0, 0.1) is 11.7 Å². The monoisotopic (exact) mass is 474 g/mol. The molecule has 0 spiro atoms. The van der Waals surface area contributed by atoms with E-state index in [0.717, 1.165) is 18.9 Å². The number of aromatic nitrogens is 2. The fraction of sp³-hybridized carbons (Fsp3) is 0.583. The highest BCUT2D eigenvalue weighted by Gasteiger charge is 2.39. The number of nitrogens with one attached hydrogen (secondary N) is 1. The van der Waals surface area contributed by atoms with Crippen LogP contribution in [-0.4, -0.2) is 50.9 Å². The largest absolute Gasteiger partial charge is 0.477 e. The summed E-state index contributed by atoms with van der Waals surface area (Å²) < 4.78 is 22.2. The number of halogens is 1. The van der Waals surface area contributed by atoms with E-state index in [-0.39, 0.29) is 28.7 Å². The lowest BCUT2D eigenvalue weighted by Gasteiger charge is -2.33. The molecule has 2 aromatic rings. The van der Waals surface area contributed by atoms with Crippen molar-refractivity contribution in [2.75, 3.05) is 18.0 Å². The molecule has 4 rings (SSSR count). The Kier molecular flexibility index (Phi) is 5.81. The van der Waals surface area contributed by atoms with Crippen molar-refractivity contribution in [3.05, 3.63) is 33.9 Å². The average Bonchev–Trinajstić information content (AvgIpc) is 3.41. The Morgan fingerprint density at radius 2 is 1.88 bits per heavy atom. The summed E-state index contributed by atoms with van der Waals surface area (Å²) >= 11 is 0. The number of pyridine rings is 2. The van der Waals surface area contributed by atoms with Crippen molar-refractivity contribution in [3.8, 4) is 0 Å². The van der Waals surface area contributed by atoms with Gasteiger partial charge in [-0.1, -0.05) is 0 Å². The second kappa shape index (κ2) is 8.25. The number of fused-ring (bicyclic) bond motifs is 1. The molecule has 2 aliphatic rings. The van der Waals surface area contributed by atoms with Gasteiger partial charge in [-0.15, -0.1) is 0 Å². The number of carbonyl (C=O) groups is 2. The maximum Gasteiger partial charge on any atom is 0.408 e. The van der Waals surface area contributed by atoms with Gasteiger partial charge in [0, 0.05) is 36.8 Å². The minimum absolute atomic E-state index is 0.0110. The molecule has 1 aliphatic heterocycles. The molecule has 2 N–H and O–H groups in total. The number of carboxylic acids is 1. The van der Waals surface area contributed by atoms with Gasteiger partial charge in [-0.2, -0.15) is 0 Å². The molecule has 2 fully saturated rings. The molecular formula is C24H31FN4O5. The van der Waals surface area contributed by atoms with E-state index in [9.17, 15) is 19.5 Å². The minimum atomic E-state index is -1.34. The topological polar surface area (TPSA) is 114 Å². The van der Waals surface area contributed by atoms with Crippen LogP contribution in [0.25, 0.3) is 11.0 Å². The number of ether oxygens (including phenoxy) is 1. The Morgan fingerprint density at radius 3 is 2.47 bits per heavy atom. The third kappa shape index (κ3) is 4.71. The highest BCUT2D eigenvalue weighted by Crippen LogP contribution is 2.38. The molecule has 3 heterocycles. The molecule has 9 nitrogen and oxygen atoms in total. The van der Waals surface area contributed by atoms with Crippen LogP contribution in [0.3, 0.4) is 0 Å². The molecule has 0 unspecified atom stereocenters. The van der Waals surface area contributed by atoms with Crippen LogP contribution >= 0.6 is 0 Å². The van der Waals surface area contributed by atoms with Gasteiger partial charge in [0.2, 0.25) is 5.43 Å². The van der Waals surface area contributed by atoms with Crippen molar-refractivity contribution in [2.45, 2.75) is 71.1 Å². The Labute approximate surface area is 196 Å². The molecule has 2 aromatic heterocycles. The number of carboxylic acid groups (broad SMARTS) is 1. The van der Waals surface area contributed by atoms with E-state index in [0.29, 0.717) is 25.2 Å². The maximum absolute atomic E-state index is 15.2. The smallest absolute Gasteiger partial charge is 0.408 e. The highest BCUT2D eigenvalue weighted by molar-refractivity contribution is 5.92. The summed E-state index contributed by atoms with van der Waals surface area (Å²) in [4.78, 5) is 42.8. The van der Waals surface area contributed by atoms with Gasteiger partial charge in [0.15, 0.2) is 11.6 Å². The first kappa shape index (κ1) is 24.0. The number of carbonyl (C=O) groups excluding carboxylic acids is 1. The molecule has 34 heavy (non-hydrogen) atoms. The molecule has 10 heteroatoms. The molecule has 184 valence electrons. The third-order valence-corrected chi connectivity index (χ3v) is 6.44. The predicted octanol–water partition coefficient (Wildman–Crippen LogP) is 3.70. The van der Waals surface area contributed by atoms with E-state index >= 15 is 4.39 Å². The summed E-state index contributed by atoms with van der Waals surface area (Å²) in [5.74, 6) is -1.88. The maximum atomic E-state index is 15.2. The van der Waals surface area contributed by atoms with Gasteiger partial charge in [0.25, 0.3) is 0 Å². The number of nitrogens with zero attached hydrogens (tertiary/aromatic N) is 3. The van der Waals surface area contributed by atoms with Crippen LogP contribution in [0.2, 0.25) is 0 Å². The van der Waals surface area contributed by atoms with Gasteiger partial charge in [0.05, 0.1) is 5.39 Å². The van der Waals surface area contributed by atoms with E-state index in [1.54, 1.807) is 25.3 Å². The summed E-state index contributed by atoms with van der Waals surface area (Å²) in [6.45, 7) is 10.2. The van der Waals surface area contributed by atoms with Crippen LogP contribution in [0.15, 0.2) is 17.1 Å². The molecule has 0 bridgehead atoms. The quantitative estimate of drug-likeness (QED) is 0.679. The van der Waals surface area contributed by atoms with Crippen molar-refractivity contribution in [1.82, 2.24) is 14.9 Å². The Bertz CT molecular complexity index is 1210. The minimum Gasteiger partial charge on any atom is -0.477 e. The number of hydrogen-bond acceptors (Lipinski definition) is 6. The van der Waals surface area contributed by atoms with Crippen LogP contribution in [-0.2, 0) is 4.74 Å². The fourth-order valence-electron chi connectivity index (χ4n) is 4.45. The van der Waals surface area contributed by atoms with Crippen molar-refractivity contribution >= 4 is 28.9 Å². The van der Waals surface area contributed by atoms with E-state index in [4.69, 9.17) is 4.74 Å². The van der Waals surface area contributed by atoms with E-state index in [1.807, 2.05) is 18.7 Å². The number of hydrogen-bond donors (Lipinski definition) is 2. The van der Waals surface area contributed by atoms with Gasteiger partial charge < -0.3 is 24.6 Å². The van der Waals surface area contributed by atoms with Crippen molar-refractivity contribution in [1.29, 1.82) is 0 Å².